The zero-order chi connectivity index (χ0) is 14.4. The number of nitrogens with one attached hydrogen (secondary N) is 1. The summed E-state index contributed by atoms with van der Waals surface area (Å²) in [5.74, 6) is 0.355. The molecule has 2 rings (SSSR count). The number of benzene rings is 2. The van der Waals surface area contributed by atoms with E-state index in [9.17, 15) is 4.79 Å². The monoisotopic (exact) mass is 289 g/mol. The Morgan fingerprint density at radius 2 is 1.95 bits per heavy atom. The minimum absolute atomic E-state index is 0.0456. The molecule has 2 aromatic carbocycles. The van der Waals surface area contributed by atoms with Gasteiger partial charge in [0.1, 0.15) is 5.75 Å². The molecule has 1 amide bonds. The van der Waals surface area contributed by atoms with Crippen molar-refractivity contribution in [2.75, 3.05) is 6.61 Å². The molecule has 0 aromatic heterocycles. The zero-order valence-electron chi connectivity index (χ0n) is 11.2. The van der Waals surface area contributed by atoms with Crippen LogP contribution in [-0.2, 0) is 11.3 Å². The number of halogens is 1. The lowest BCUT2D eigenvalue weighted by atomic mass is 10.2. The number of aryl methyl sites for hydroxylation is 1. The molecule has 0 heterocycles. The second kappa shape index (κ2) is 6.96. The van der Waals surface area contributed by atoms with Gasteiger partial charge in [0, 0.05) is 6.54 Å². The molecular weight excluding hydrogens is 274 g/mol. The lowest BCUT2D eigenvalue weighted by molar-refractivity contribution is -0.123. The van der Waals surface area contributed by atoms with Gasteiger partial charge in [0.15, 0.2) is 6.61 Å². The summed E-state index contributed by atoms with van der Waals surface area (Å²) in [6, 6.07) is 15.2. The summed E-state index contributed by atoms with van der Waals surface area (Å²) in [5.41, 5.74) is 2.09. The predicted molar refractivity (Wildman–Crippen MR) is 80.0 cm³/mol. The first kappa shape index (κ1) is 14.4. The number of carbonyl (C=O) groups is 1. The summed E-state index contributed by atoms with van der Waals surface area (Å²) in [7, 11) is 0. The summed E-state index contributed by atoms with van der Waals surface area (Å²) in [6.07, 6.45) is 0. The number of ether oxygens (including phenoxy) is 1. The fourth-order valence-corrected chi connectivity index (χ4v) is 1.88. The van der Waals surface area contributed by atoms with E-state index in [1.54, 1.807) is 6.07 Å². The Morgan fingerprint density at radius 1 is 1.20 bits per heavy atom. The van der Waals surface area contributed by atoms with E-state index in [1.807, 2.05) is 49.4 Å². The van der Waals surface area contributed by atoms with E-state index in [1.165, 1.54) is 0 Å². The maximum atomic E-state index is 11.7. The average Bonchev–Trinajstić information content (AvgIpc) is 2.47. The smallest absolute Gasteiger partial charge is 0.258 e. The first-order valence-corrected chi connectivity index (χ1v) is 6.72. The van der Waals surface area contributed by atoms with Crippen molar-refractivity contribution in [3.63, 3.8) is 0 Å². The SMILES string of the molecule is Cc1ccc(Cl)c(OCC(=O)NCc2ccccc2)c1. The Labute approximate surface area is 123 Å². The van der Waals surface area contributed by atoms with Crippen LogP contribution in [0.1, 0.15) is 11.1 Å². The number of hydrogen-bond acceptors (Lipinski definition) is 2. The number of amides is 1. The van der Waals surface area contributed by atoms with Crippen LogP contribution in [-0.4, -0.2) is 12.5 Å². The van der Waals surface area contributed by atoms with Gasteiger partial charge in [0.2, 0.25) is 0 Å². The van der Waals surface area contributed by atoms with Crippen LogP contribution in [0.25, 0.3) is 0 Å². The average molecular weight is 290 g/mol. The minimum atomic E-state index is -0.175. The van der Waals surface area contributed by atoms with Crippen LogP contribution >= 0.6 is 11.6 Å². The maximum absolute atomic E-state index is 11.7. The second-order valence-corrected chi connectivity index (χ2v) is 4.89. The topological polar surface area (TPSA) is 38.3 Å². The Morgan fingerprint density at radius 3 is 2.70 bits per heavy atom. The van der Waals surface area contributed by atoms with Crippen LogP contribution < -0.4 is 10.1 Å². The lowest BCUT2D eigenvalue weighted by Gasteiger charge is -2.09. The molecule has 0 radical (unpaired) electrons. The number of carbonyl (C=O) groups excluding carboxylic acids is 1. The summed E-state index contributed by atoms with van der Waals surface area (Å²) in [4.78, 5) is 11.7. The molecule has 0 spiro atoms. The molecule has 0 saturated carbocycles. The van der Waals surface area contributed by atoms with Gasteiger partial charge in [-0.1, -0.05) is 48.0 Å². The Hall–Kier alpha value is -2.00. The van der Waals surface area contributed by atoms with Gasteiger partial charge in [-0.15, -0.1) is 0 Å². The van der Waals surface area contributed by atoms with Crippen molar-refractivity contribution in [3.8, 4) is 5.75 Å². The van der Waals surface area contributed by atoms with Crippen molar-refractivity contribution in [1.82, 2.24) is 5.32 Å². The van der Waals surface area contributed by atoms with Gasteiger partial charge in [-0.2, -0.15) is 0 Å². The molecule has 2 aromatic rings. The molecule has 0 aliphatic rings. The highest BCUT2D eigenvalue weighted by Gasteiger charge is 2.06. The van der Waals surface area contributed by atoms with Gasteiger partial charge in [0.05, 0.1) is 5.02 Å². The van der Waals surface area contributed by atoms with Crippen LogP contribution in [0.5, 0.6) is 5.75 Å². The third kappa shape index (κ3) is 4.28. The van der Waals surface area contributed by atoms with E-state index in [0.29, 0.717) is 17.3 Å². The highest BCUT2D eigenvalue weighted by atomic mass is 35.5. The maximum Gasteiger partial charge on any atom is 0.258 e. The molecule has 0 aliphatic carbocycles. The fraction of sp³-hybridized carbons (Fsp3) is 0.188. The summed E-state index contributed by atoms with van der Waals surface area (Å²) in [6.45, 7) is 2.39. The van der Waals surface area contributed by atoms with Crippen molar-refractivity contribution in [2.45, 2.75) is 13.5 Å². The van der Waals surface area contributed by atoms with Crippen molar-refractivity contribution >= 4 is 17.5 Å². The number of rotatable bonds is 5. The van der Waals surface area contributed by atoms with Crippen molar-refractivity contribution in [2.24, 2.45) is 0 Å². The standard InChI is InChI=1S/C16H16ClNO2/c1-12-7-8-14(17)15(9-12)20-11-16(19)18-10-13-5-3-2-4-6-13/h2-9H,10-11H2,1H3,(H,18,19). The fourth-order valence-electron chi connectivity index (χ4n) is 1.71. The first-order chi connectivity index (χ1) is 9.65. The van der Waals surface area contributed by atoms with Crippen molar-refractivity contribution in [1.29, 1.82) is 0 Å². The molecule has 3 nitrogen and oxygen atoms in total. The molecule has 0 atom stereocenters. The summed E-state index contributed by atoms with van der Waals surface area (Å²) in [5, 5.41) is 3.30. The lowest BCUT2D eigenvalue weighted by Crippen LogP contribution is -2.28. The minimum Gasteiger partial charge on any atom is -0.482 e. The van der Waals surface area contributed by atoms with Gasteiger partial charge in [-0.25, -0.2) is 0 Å². The third-order valence-electron chi connectivity index (χ3n) is 2.78. The third-order valence-corrected chi connectivity index (χ3v) is 3.09. The quantitative estimate of drug-likeness (QED) is 0.917. The van der Waals surface area contributed by atoms with E-state index in [4.69, 9.17) is 16.3 Å². The second-order valence-electron chi connectivity index (χ2n) is 4.48. The Kier molecular flexibility index (Phi) is 5.02. The first-order valence-electron chi connectivity index (χ1n) is 6.35. The molecule has 4 heteroatoms. The van der Waals surface area contributed by atoms with Gasteiger partial charge in [-0.05, 0) is 30.2 Å². The van der Waals surface area contributed by atoms with Crippen molar-refractivity contribution < 1.29 is 9.53 Å². The molecular formula is C16H16ClNO2. The van der Waals surface area contributed by atoms with Crippen LogP contribution in [0.3, 0.4) is 0 Å². The van der Waals surface area contributed by atoms with Crippen molar-refractivity contribution in [3.05, 3.63) is 64.7 Å². The van der Waals surface area contributed by atoms with E-state index in [-0.39, 0.29) is 12.5 Å². The molecule has 104 valence electrons. The normalized spacial score (nSPS) is 10.1. The molecule has 0 aliphatic heterocycles. The Bertz CT molecular complexity index is 584. The van der Waals surface area contributed by atoms with Crippen LogP contribution in [0.2, 0.25) is 5.02 Å². The van der Waals surface area contributed by atoms with Gasteiger partial charge >= 0.3 is 0 Å². The summed E-state index contributed by atoms with van der Waals surface area (Å²) >= 11 is 6.00. The van der Waals surface area contributed by atoms with Crippen LogP contribution in [0.15, 0.2) is 48.5 Å². The molecule has 0 bridgehead atoms. The highest BCUT2D eigenvalue weighted by Crippen LogP contribution is 2.24. The molecule has 0 saturated heterocycles. The van der Waals surface area contributed by atoms with Crippen LogP contribution in [0, 0.1) is 6.92 Å². The van der Waals surface area contributed by atoms with Crippen LogP contribution in [0.4, 0.5) is 0 Å². The van der Waals surface area contributed by atoms with Gasteiger partial charge in [0.25, 0.3) is 5.91 Å². The predicted octanol–water partition coefficient (Wildman–Crippen LogP) is 3.34. The zero-order valence-corrected chi connectivity index (χ0v) is 12.0. The van der Waals surface area contributed by atoms with Gasteiger partial charge < -0.3 is 10.1 Å². The molecule has 20 heavy (non-hydrogen) atoms. The van der Waals surface area contributed by atoms with E-state index < -0.39 is 0 Å². The largest absolute Gasteiger partial charge is 0.482 e. The number of hydrogen-bond donors (Lipinski definition) is 1. The van der Waals surface area contributed by atoms with Gasteiger partial charge in [-0.3, -0.25) is 4.79 Å². The molecule has 0 fully saturated rings. The summed E-state index contributed by atoms with van der Waals surface area (Å²) < 4.78 is 5.42. The highest BCUT2D eigenvalue weighted by molar-refractivity contribution is 6.32. The van der Waals surface area contributed by atoms with E-state index in [2.05, 4.69) is 5.32 Å². The Balaban J connectivity index is 1.82. The molecule has 1 N–H and O–H groups in total. The molecule has 0 unspecified atom stereocenters. The van der Waals surface area contributed by atoms with E-state index in [0.717, 1.165) is 11.1 Å². The van der Waals surface area contributed by atoms with E-state index >= 15 is 0 Å².